The number of hydrogen-bond donors (Lipinski definition) is 3. The number of phenols is 1. The molecule has 2 aliphatic rings. The zero-order chi connectivity index (χ0) is 48.7. The van der Waals surface area contributed by atoms with E-state index in [0.29, 0.717) is 50.8 Å². The Bertz CT molecular complexity index is 2700. The first-order chi connectivity index (χ1) is 33.2. The molecule has 2 amide bonds. The van der Waals surface area contributed by atoms with Crippen molar-refractivity contribution in [2.75, 3.05) is 65.6 Å². The summed E-state index contributed by atoms with van der Waals surface area (Å²) in [6.45, 7) is 13.0. The van der Waals surface area contributed by atoms with Gasteiger partial charge in [-0.1, -0.05) is 73.1 Å². The molecule has 4 heterocycles. The Kier molecular flexibility index (Phi) is 16.5. The number of aromatic hydroxyl groups is 1. The van der Waals surface area contributed by atoms with E-state index in [1.54, 1.807) is 34.8 Å². The molecule has 3 atom stereocenters. The van der Waals surface area contributed by atoms with E-state index in [0.717, 1.165) is 72.1 Å². The molecular weight excluding hydrogens is 979 g/mol. The highest BCUT2D eigenvalue weighted by atomic mass is 79.9. The fourth-order valence-corrected chi connectivity index (χ4v) is 11.0. The average molecular weight is 1040 g/mol. The molecule has 0 bridgehead atoms. The van der Waals surface area contributed by atoms with Crippen molar-refractivity contribution in [3.63, 3.8) is 0 Å². The molecular formula is C53H60BrN5O8S2. The van der Waals surface area contributed by atoms with Gasteiger partial charge in [0, 0.05) is 66.7 Å². The number of nitrogens with zero attached hydrogens (tertiary/aromatic N) is 4. The van der Waals surface area contributed by atoms with Crippen LogP contribution in [0.1, 0.15) is 44.9 Å². The maximum absolute atomic E-state index is 14.2. The molecule has 2 aromatic heterocycles. The lowest BCUT2D eigenvalue weighted by Crippen LogP contribution is -2.58. The predicted octanol–water partition coefficient (Wildman–Crippen LogP) is 8.97. The van der Waals surface area contributed by atoms with Gasteiger partial charge in [-0.2, -0.15) is 0 Å². The topological polar surface area (TPSA) is 154 Å². The Hall–Kier alpha value is -5.20. The normalized spacial score (nSPS) is 17.3. The van der Waals surface area contributed by atoms with Gasteiger partial charge in [-0.25, -0.2) is 4.98 Å². The molecule has 69 heavy (non-hydrogen) atoms. The standard InChI is InChI=1S/C53H60BrN5O8S2/c1-34-49(68-33-55-34)36-8-5-35(6-9-36)7-20-45(62)44-29-40(61)31-59(44)52(64)51(53(2,3)4)56-47(63)32-58-23-21-57(22-24-58)25-26-65-27-28-66-41-15-17-42(18-16-41)67-48-43-19-14-39(60)30-46(43)69-50(48)37-10-12-38(54)13-11-37/h5-6,8-19,30,33,40,44,51,60-61H,7,20-29,31-32H2,1-4H3,(H,56,63)/t40-,44+,51-/m1/s1. The summed E-state index contributed by atoms with van der Waals surface area (Å²) >= 11 is 6.69. The molecule has 2 saturated heterocycles. The zero-order valence-electron chi connectivity index (χ0n) is 39.5. The quantitative estimate of drug-likeness (QED) is 0.0667. The first kappa shape index (κ1) is 50.2. The largest absolute Gasteiger partial charge is 0.508 e. The van der Waals surface area contributed by atoms with E-state index < -0.39 is 23.6 Å². The second-order valence-electron chi connectivity index (χ2n) is 18.8. The number of aryl methyl sites for hydroxylation is 2. The first-order valence-electron chi connectivity index (χ1n) is 23.4. The molecule has 8 rings (SSSR count). The van der Waals surface area contributed by atoms with Crippen molar-refractivity contribution in [3.8, 4) is 43.9 Å². The third-order valence-corrected chi connectivity index (χ3v) is 15.3. The highest BCUT2D eigenvalue weighted by molar-refractivity contribution is 9.10. The SMILES string of the molecule is Cc1ncsc1-c1ccc(CCC(=O)[C@@H]2C[C@@H](O)CN2C(=O)[C@@H](NC(=O)CN2CCN(CCOCCOc3ccc(Oc4c(-c5ccc(Br)cc5)sc5cc(O)ccc45)cc3)CC2)C(C)(C)C)cc1. The van der Waals surface area contributed by atoms with Gasteiger partial charge in [0.25, 0.3) is 0 Å². The van der Waals surface area contributed by atoms with E-state index in [-0.39, 0.29) is 49.3 Å². The lowest BCUT2D eigenvalue weighted by atomic mass is 9.85. The van der Waals surface area contributed by atoms with E-state index in [9.17, 15) is 24.6 Å². The van der Waals surface area contributed by atoms with Crippen molar-refractivity contribution in [1.29, 1.82) is 0 Å². The number of hydrogen-bond acceptors (Lipinski definition) is 13. The number of carbonyl (C=O) groups is 3. The minimum Gasteiger partial charge on any atom is -0.508 e. The number of aromatic nitrogens is 1. The van der Waals surface area contributed by atoms with Crippen molar-refractivity contribution in [2.45, 2.75) is 65.1 Å². The van der Waals surface area contributed by atoms with Gasteiger partial charge in [-0.3, -0.25) is 24.2 Å². The maximum atomic E-state index is 14.2. The number of ether oxygens (including phenoxy) is 3. The van der Waals surface area contributed by atoms with Crippen LogP contribution in [0.4, 0.5) is 0 Å². The number of thiophene rings is 1. The number of rotatable bonds is 19. The number of carbonyl (C=O) groups excluding carboxylic acids is 3. The second-order valence-corrected chi connectivity index (χ2v) is 21.6. The number of nitrogens with one attached hydrogen (secondary N) is 1. The van der Waals surface area contributed by atoms with Gasteiger partial charge in [-0.15, -0.1) is 22.7 Å². The van der Waals surface area contributed by atoms with E-state index in [1.807, 2.05) is 112 Å². The third kappa shape index (κ3) is 13.0. The third-order valence-electron chi connectivity index (χ3n) is 12.6. The molecule has 2 fully saturated rings. The van der Waals surface area contributed by atoms with Crippen LogP contribution in [0.5, 0.6) is 23.0 Å². The van der Waals surface area contributed by atoms with Gasteiger partial charge in [0.2, 0.25) is 11.8 Å². The number of amides is 2. The van der Waals surface area contributed by atoms with Crippen LogP contribution >= 0.6 is 38.6 Å². The molecule has 0 spiro atoms. The number of piperazine rings is 1. The van der Waals surface area contributed by atoms with Crippen LogP contribution in [0.2, 0.25) is 0 Å². The molecule has 13 nitrogen and oxygen atoms in total. The summed E-state index contributed by atoms with van der Waals surface area (Å²) in [5.41, 5.74) is 5.33. The summed E-state index contributed by atoms with van der Waals surface area (Å²) in [5, 5.41) is 24.7. The lowest BCUT2D eigenvalue weighted by Gasteiger charge is -2.37. The maximum Gasteiger partial charge on any atom is 0.246 e. The number of aliphatic hydroxyl groups excluding tert-OH is 1. The molecule has 0 unspecified atom stereocenters. The summed E-state index contributed by atoms with van der Waals surface area (Å²) in [7, 11) is 0. The Morgan fingerprint density at radius 1 is 0.870 bits per heavy atom. The smallest absolute Gasteiger partial charge is 0.246 e. The van der Waals surface area contributed by atoms with Gasteiger partial charge in [-0.05, 0) is 90.0 Å². The fourth-order valence-electron chi connectivity index (χ4n) is 8.78. The molecule has 0 radical (unpaired) electrons. The number of Topliss-reactive ketones (excluding diaryl/α,β-unsaturated/α-hetero) is 1. The van der Waals surface area contributed by atoms with Crippen LogP contribution < -0.4 is 14.8 Å². The number of β-amino-alcohol motifs (C(OH)–C–C–N with tert-alkyl or cyclic N) is 1. The second kappa shape index (κ2) is 22.7. The summed E-state index contributed by atoms with van der Waals surface area (Å²) in [4.78, 5) is 53.6. The Labute approximate surface area is 420 Å². The molecule has 16 heteroatoms. The number of phenolic OH excluding ortho intramolecular Hbond substituents is 1. The van der Waals surface area contributed by atoms with E-state index >= 15 is 0 Å². The van der Waals surface area contributed by atoms with E-state index in [4.69, 9.17) is 14.2 Å². The highest BCUT2D eigenvalue weighted by Crippen LogP contribution is 2.47. The number of fused-ring (bicyclic) bond motifs is 1. The summed E-state index contributed by atoms with van der Waals surface area (Å²) in [6, 6.07) is 27.4. The van der Waals surface area contributed by atoms with Crippen LogP contribution in [-0.4, -0.2) is 131 Å². The number of likely N-dealkylation sites (tertiary alicyclic amines) is 1. The number of benzene rings is 4. The van der Waals surface area contributed by atoms with Crippen LogP contribution in [0.15, 0.2) is 101 Å². The molecule has 2 aliphatic heterocycles. The van der Waals surface area contributed by atoms with Gasteiger partial charge in [0.15, 0.2) is 11.5 Å². The van der Waals surface area contributed by atoms with Crippen LogP contribution in [0.25, 0.3) is 31.0 Å². The van der Waals surface area contributed by atoms with E-state index in [1.165, 1.54) is 4.90 Å². The number of thiazole rings is 1. The number of halogens is 1. The molecule has 4 aromatic carbocycles. The van der Waals surface area contributed by atoms with Crippen molar-refractivity contribution >= 4 is 66.3 Å². The van der Waals surface area contributed by atoms with Gasteiger partial charge < -0.3 is 34.6 Å². The van der Waals surface area contributed by atoms with Crippen LogP contribution in [-0.2, 0) is 25.5 Å². The molecule has 364 valence electrons. The highest BCUT2D eigenvalue weighted by Gasteiger charge is 2.44. The first-order valence-corrected chi connectivity index (χ1v) is 25.9. The zero-order valence-corrected chi connectivity index (χ0v) is 42.7. The van der Waals surface area contributed by atoms with Gasteiger partial charge in [0.1, 0.15) is 29.9 Å². The predicted molar refractivity (Wildman–Crippen MR) is 275 cm³/mol. The van der Waals surface area contributed by atoms with Crippen molar-refractivity contribution in [3.05, 3.63) is 112 Å². The van der Waals surface area contributed by atoms with Gasteiger partial charge >= 0.3 is 0 Å². The summed E-state index contributed by atoms with van der Waals surface area (Å²) < 4.78 is 20.3. The fraction of sp³-hybridized carbons (Fsp3) is 0.396. The minimum absolute atomic E-state index is 0.0576. The minimum atomic E-state index is -0.865. The molecule has 6 aromatic rings. The van der Waals surface area contributed by atoms with Crippen LogP contribution in [0, 0.1) is 12.3 Å². The van der Waals surface area contributed by atoms with Crippen molar-refractivity contribution in [2.24, 2.45) is 5.41 Å². The monoisotopic (exact) mass is 1040 g/mol. The van der Waals surface area contributed by atoms with Gasteiger partial charge in [0.05, 0.1) is 52.9 Å². The number of ketones is 1. The molecule has 3 N–H and O–H groups in total. The summed E-state index contributed by atoms with van der Waals surface area (Å²) in [6.07, 6.45) is 0.147. The Balaban J connectivity index is 0.735. The molecule has 0 aliphatic carbocycles. The lowest BCUT2D eigenvalue weighted by molar-refractivity contribution is -0.143. The Morgan fingerprint density at radius 2 is 1.55 bits per heavy atom. The van der Waals surface area contributed by atoms with Crippen LogP contribution in [0.3, 0.4) is 0 Å². The molecule has 0 saturated carbocycles. The number of aliphatic hydroxyl groups is 1. The van der Waals surface area contributed by atoms with E-state index in [2.05, 4.69) is 36.0 Å². The average Bonchev–Trinajstić information content (AvgIpc) is 4.05. The van der Waals surface area contributed by atoms with Crippen molar-refractivity contribution < 1.29 is 38.8 Å². The summed E-state index contributed by atoms with van der Waals surface area (Å²) in [5.74, 6) is 1.65. The van der Waals surface area contributed by atoms with Crippen molar-refractivity contribution in [1.82, 2.24) is 25.0 Å². The Morgan fingerprint density at radius 3 is 2.25 bits per heavy atom.